The normalized spacial score (nSPS) is 10.9. The zero-order valence-electron chi connectivity index (χ0n) is 14.3. The molecule has 4 rings (SSSR count). The van der Waals surface area contributed by atoms with Crippen LogP contribution in [-0.2, 0) is 0 Å². The van der Waals surface area contributed by atoms with Crippen LogP contribution < -0.4 is 5.32 Å². The highest BCUT2D eigenvalue weighted by Gasteiger charge is 2.13. The van der Waals surface area contributed by atoms with Crippen molar-refractivity contribution in [1.82, 2.24) is 4.98 Å². The fourth-order valence-electron chi connectivity index (χ4n) is 2.75. The van der Waals surface area contributed by atoms with Gasteiger partial charge in [-0.2, -0.15) is 0 Å². The average molecular weight is 397 g/mol. The van der Waals surface area contributed by atoms with Crippen molar-refractivity contribution in [3.63, 3.8) is 0 Å². The molecule has 1 amide bonds. The quantitative estimate of drug-likeness (QED) is 0.438. The lowest BCUT2D eigenvalue weighted by Gasteiger charge is -2.07. The predicted octanol–water partition coefficient (Wildman–Crippen LogP) is 6.36. The Morgan fingerprint density at radius 1 is 1.04 bits per heavy atom. The highest BCUT2D eigenvalue weighted by atomic mass is 35.5. The minimum absolute atomic E-state index is 0.280. The third kappa shape index (κ3) is 3.68. The van der Waals surface area contributed by atoms with E-state index in [1.807, 2.05) is 25.1 Å². The predicted molar refractivity (Wildman–Crippen MR) is 109 cm³/mol. The van der Waals surface area contributed by atoms with Gasteiger partial charge in [-0.3, -0.25) is 4.79 Å². The smallest absolute Gasteiger partial charge is 0.257 e. The first-order chi connectivity index (χ1) is 13.0. The largest absolute Gasteiger partial charge is 0.436 e. The minimum atomic E-state index is -0.280. The maximum Gasteiger partial charge on any atom is 0.257 e. The number of aryl methyl sites for hydroxylation is 1. The van der Waals surface area contributed by atoms with E-state index in [0.29, 0.717) is 38.3 Å². The van der Waals surface area contributed by atoms with E-state index in [0.717, 1.165) is 11.1 Å². The number of hydrogen-bond donors (Lipinski definition) is 1. The molecular formula is C21H14Cl2N2O2. The van der Waals surface area contributed by atoms with Crippen LogP contribution in [0.2, 0.25) is 10.0 Å². The van der Waals surface area contributed by atoms with Gasteiger partial charge in [0.05, 0.1) is 10.6 Å². The molecule has 0 spiro atoms. The molecule has 6 heteroatoms. The Labute approximate surface area is 165 Å². The molecule has 0 aliphatic rings. The summed E-state index contributed by atoms with van der Waals surface area (Å²) in [6.07, 6.45) is 0. The number of hydrogen-bond acceptors (Lipinski definition) is 3. The van der Waals surface area contributed by atoms with Crippen LogP contribution in [0.15, 0.2) is 65.1 Å². The van der Waals surface area contributed by atoms with Crippen molar-refractivity contribution in [2.45, 2.75) is 6.92 Å². The van der Waals surface area contributed by atoms with Crippen LogP contribution >= 0.6 is 23.2 Å². The molecule has 0 aliphatic heterocycles. The molecule has 4 aromatic rings. The summed E-state index contributed by atoms with van der Waals surface area (Å²) in [6.45, 7) is 1.92. The van der Waals surface area contributed by atoms with Crippen molar-refractivity contribution in [2.24, 2.45) is 0 Å². The molecule has 0 saturated carbocycles. The summed E-state index contributed by atoms with van der Waals surface area (Å²) >= 11 is 12.2. The summed E-state index contributed by atoms with van der Waals surface area (Å²) in [5.41, 5.74) is 4.07. The molecule has 3 aromatic carbocycles. The molecule has 0 saturated heterocycles. The van der Waals surface area contributed by atoms with Crippen molar-refractivity contribution >= 4 is 45.9 Å². The second-order valence-electron chi connectivity index (χ2n) is 6.15. The molecular weight excluding hydrogens is 383 g/mol. The Morgan fingerprint density at radius 3 is 2.67 bits per heavy atom. The van der Waals surface area contributed by atoms with E-state index in [1.165, 1.54) is 0 Å². The van der Waals surface area contributed by atoms with Crippen LogP contribution in [0.25, 0.3) is 22.6 Å². The Hall–Kier alpha value is -2.82. The fourth-order valence-corrected chi connectivity index (χ4v) is 3.26. The van der Waals surface area contributed by atoms with Gasteiger partial charge >= 0.3 is 0 Å². The van der Waals surface area contributed by atoms with Crippen molar-refractivity contribution in [3.8, 4) is 11.5 Å². The Morgan fingerprint density at radius 2 is 1.89 bits per heavy atom. The van der Waals surface area contributed by atoms with Gasteiger partial charge in [0.2, 0.25) is 5.89 Å². The third-order valence-electron chi connectivity index (χ3n) is 4.09. The summed E-state index contributed by atoms with van der Waals surface area (Å²) in [5.74, 6) is 0.190. The van der Waals surface area contributed by atoms with E-state index < -0.39 is 0 Å². The van der Waals surface area contributed by atoms with Crippen LogP contribution in [0, 0.1) is 6.92 Å². The number of carbonyl (C=O) groups excluding carboxylic acids is 1. The number of nitrogens with one attached hydrogen (secondary N) is 1. The maximum absolute atomic E-state index is 12.5. The Bertz CT molecular complexity index is 1170. The molecule has 1 heterocycles. The minimum Gasteiger partial charge on any atom is -0.436 e. The lowest BCUT2D eigenvalue weighted by atomic mass is 10.1. The van der Waals surface area contributed by atoms with E-state index in [-0.39, 0.29) is 5.91 Å². The number of aromatic nitrogens is 1. The first kappa shape index (κ1) is 17.6. The molecule has 1 aromatic heterocycles. The van der Waals surface area contributed by atoms with Crippen molar-refractivity contribution < 1.29 is 9.21 Å². The fraction of sp³-hybridized carbons (Fsp3) is 0.0476. The number of carbonyl (C=O) groups is 1. The second-order valence-corrected chi connectivity index (χ2v) is 6.99. The molecule has 0 atom stereocenters. The molecule has 0 aliphatic carbocycles. The summed E-state index contributed by atoms with van der Waals surface area (Å²) in [7, 11) is 0. The number of benzene rings is 3. The topological polar surface area (TPSA) is 55.1 Å². The number of nitrogens with zero attached hydrogens (tertiary/aromatic N) is 1. The number of amides is 1. The Balaban J connectivity index is 1.62. The lowest BCUT2D eigenvalue weighted by molar-refractivity contribution is 0.102. The number of anilines is 1. The van der Waals surface area contributed by atoms with Crippen molar-refractivity contribution in [1.29, 1.82) is 0 Å². The molecule has 1 N–H and O–H groups in total. The first-order valence-corrected chi connectivity index (χ1v) is 8.99. The van der Waals surface area contributed by atoms with Crippen LogP contribution in [0.3, 0.4) is 0 Å². The monoisotopic (exact) mass is 396 g/mol. The van der Waals surface area contributed by atoms with E-state index in [1.54, 1.807) is 42.5 Å². The second kappa shape index (κ2) is 7.06. The highest BCUT2D eigenvalue weighted by Crippen LogP contribution is 2.28. The zero-order valence-corrected chi connectivity index (χ0v) is 15.8. The van der Waals surface area contributed by atoms with E-state index in [9.17, 15) is 4.79 Å². The maximum atomic E-state index is 12.5. The van der Waals surface area contributed by atoms with Crippen LogP contribution in [0.4, 0.5) is 5.69 Å². The van der Waals surface area contributed by atoms with E-state index in [4.69, 9.17) is 27.6 Å². The number of fused-ring (bicyclic) bond motifs is 1. The average Bonchev–Trinajstić information content (AvgIpc) is 3.05. The van der Waals surface area contributed by atoms with E-state index in [2.05, 4.69) is 10.3 Å². The van der Waals surface area contributed by atoms with Gasteiger partial charge in [-0.25, -0.2) is 4.98 Å². The summed E-state index contributed by atoms with van der Waals surface area (Å²) in [4.78, 5) is 17.0. The van der Waals surface area contributed by atoms with Gasteiger partial charge in [0.15, 0.2) is 5.58 Å². The summed E-state index contributed by atoms with van der Waals surface area (Å²) < 4.78 is 5.78. The van der Waals surface area contributed by atoms with E-state index >= 15 is 0 Å². The number of rotatable bonds is 3. The summed E-state index contributed by atoms with van der Waals surface area (Å²) in [6, 6.07) is 17.9. The van der Waals surface area contributed by atoms with Gasteiger partial charge in [0.25, 0.3) is 5.91 Å². The standard InChI is InChI=1S/C21H14Cl2N2O2/c1-12-5-7-16(17(23)9-12)20(26)24-15-6-8-19-18(11-15)25-21(27-19)13-3-2-4-14(22)10-13/h2-11H,1H3,(H,24,26). The number of oxazole rings is 1. The van der Waals surface area contributed by atoms with Crippen LogP contribution in [-0.4, -0.2) is 10.9 Å². The molecule has 0 fully saturated rings. The third-order valence-corrected chi connectivity index (χ3v) is 4.63. The van der Waals surface area contributed by atoms with Gasteiger partial charge < -0.3 is 9.73 Å². The van der Waals surface area contributed by atoms with Gasteiger partial charge in [0.1, 0.15) is 5.52 Å². The summed E-state index contributed by atoms with van der Waals surface area (Å²) in [5, 5.41) is 3.87. The zero-order chi connectivity index (χ0) is 19.0. The molecule has 0 unspecified atom stereocenters. The highest BCUT2D eigenvalue weighted by molar-refractivity contribution is 6.34. The molecule has 0 bridgehead atoms. The number of halogens is 2. The van der Waals surface area contributed by atoms with Crippen molar-refractivity contribution in [2.75, 3.05) is 5.32 Å². The molecule has 27 heavy (non-hydrogen) atoms. The van der Waals surface area contributed by atoms with Gasteiger partial charge in [-0.15, -0.1) is 0 Å². The van der Waals surface area contributed by atoms with Crippen LogP contribution in [0.5, 0.6) is 0 Å². The first-order valence-electron chi connectivity index (χ1n) is 8.23. The molecule has 4 nitrogen and oxygen atoms in total. The Kier molecular flexibility index (Phi) is 4.60. The van der Waals surface area contributed by atoms with Gasteiger partial charge in [-0.05, 0) is 61.0 Å². The SMILES string of the molecule is Cc1ccc(C(=O)Nc2ccc3oc(-c4cccc(Cl)c4)nc3c2)c(Cl)c1. The van der Waals surface area contributed by atoms with Gasteiger partial charge in [0, 0.05) is 16.3 Å². The lowest BCUT2D eigenvalue weighted by Crippen LogP contribution is -2.12. The molecule has 0 radical (unpaired) electrons. The molecule has 134 valence electrons. The van der Waals surface area contributed by atoms with Crippen molar-refractivity contribution in [3.05, 3.63) is 81.8 Å². The van der Waals surface area contributed by atoms with Gasteiger partial charge in [-0.1, -0.05) is 35.3 Å². The van der Waals surface area contributed by atoms with Crippen LogP contribution in [0.1, 0.15) is 15.9 Å².